The van der Waals surface area contributed by atoms with E-state index in [0.717, 1.165) is 23.3 Å². The largest absolute Gasteiger partial charge is 0.416 e. The van der Waals surface area contributed by atoms with Crippen molar-refractivity contribution in [1.29, 1.82) is 0 Å². The first-order chi connectivity index (χ1) is 10.9. The molecule has 2 aromatic carbocycles. The van der Waals surface area contributed by atoms with E-state index in [4.69, 9.17) is 9.94 Å². The molecule has 0 aliphatic heterocycles. The first kappa shape index (κ1) is 17.1. The SMILES string of the molecule is C=C(NOCCO)c1ccc(-c2ccc(C(F)(F)F)cc2)cc1. The summed E-state index contributed by atoms with van der Waals surface area (Å²) in [5.41, 5.74) is 4.73. The van der Waals surface area contributed by atoms with Gasteiger partial charge in [0, 0.05) is 0 Å². The minimum Gasteiger partial charge on any atom is -0.394 e. The summed E-state index contributed by atoms with van der Waals surface area (Å²) in [5.74, 6) is 0. The van der Waals surface area contributed by atoms with Gasteiger partial charge in [0.2, 0.25) is 0 Å². The number of hydroxylamine groups is 1. The van der Waals surface area contributed by atoms with E-state index in [1.54, 1.807) is 24.3 Å². The second-order valence-corrected chi connectivity index (χ2v) is 4.81. The maximum Gasteiger partial charge on any atom is 0.416 e. The molecular formula is C17H16F3NO2. The lowest BCUT2D eigenvalue weighted by Gasteiger charge is -2.10. The van der Waals surface area contributed by atoms with Crippen molar-refractivity contribution in [2.24, 2.45) is 0 Å². The van der Waals surface area contributed by atoms with Crippen LogP contribution in [0.4, 0.5) is 13.2 Å². The molecule has 122 valence electrons. The number of halogens is 3. The molecule has 0 unspecified atom stereocenters. The monoisotopic (exact) mass is 323 g/mol. The van der Waals surface area contributed by atoms with Crippen molar-refractivity contribution in [3.63, 3.8) is 0 Å². The van der Waals surface area contributed by atoms with E-state index in [-0.39, 0.29) is 13.2 Å². The smallest absolute Gasteiger partial charge is 0.394 e. The highest BCUT2D eigenvalue weighted by Gasteiger charge is 2.29. The Balaban J connectivity index is 2.09. The first-order valence-corrected chi connectivity index (χ1v) is 6.87. The molecule has 0 fully saturated rings. The molecule has 0 saturated heterocycles. The normalized spacial score (nSPS) is 11.3. The fraction of sp³-hybridized carbons (Fsp3) is 0.176. The molecule has 0 aromatic heterocycles. The minimum atomic E-state index is -4.33. The summed E-state index contributed by atoms with van der Waals surface area (Å²) in [6, 6.07) is 12.1. The van der Waals surface area contributed by atoms with Crippen LogP contribution in [0.3, 0.4) is 0 Å². The van der Waals surface area contributed by atoms with Gasteiger partial charge in [-0.2, -0.15) is 13.2 Å². The number of nitrogens with one attached hydrogen (secondary N) is 1. The number of aliphatic hydroxyl groups excluding tert-OH is 1. The summed E-state index contributed by atoms with van der Waals surface area (Å²) in [6.45, 7) is 3.83. The van der Waals surface area contributed by atoms with Crippen LogP contribution >= 0.6 is 0 Å². The molecule has 0 spiro atoms. The van der Waals surface area contributed by atoms with Crippen LogP contribution in [0.1, 0.15) is 11.1 Å². The molecule has 0 amide bonds. The number of hydrogen-bond donors (Lipinski definition) is 2. The van der Waals surface area contributed by atoms with Crippen LogP contribution in [0.25, 0.3) is 16.8 Å². The Morgan fingerprint density at radius 2 is 1.52 bits per heavy atom. The van der Waals surface area contributed by atoms with E-state index in [0.29, 0.717) is 11.3 Å². The Morgan fingerprint density at radius 3 is 2.00 bits per heavy atom. The van der Waals surface area contributed by atoms with Gasteiger partial charge < -0.3 is 5.11 Å². The molecule has 0 aliphatic rings. The van der Waals surface area contributed by atoms with Crippen molar-refractivity contribution in [3.8, 4) is 11.1 Å². The fourth-order valence-electron chi connectivity index (χ4n) is 1.96. The Kier molecular flexibility index (Phi) is 5.41. The van der Waals surface area contributed by atoms with E-state index in [1.165, 1.54) is 12.1 Å². The van der Waals surface area contributed by atoms with Crippen LogP contribution in [0.2, 0.25) is 0 Å². The molecular weight excluding hydrogens is 307 g/mol. The molecule has 0 atom stereocenters. The number of aliphatic hydroxyl groups is 1. The van der Waals surface area contributed by atoms with Crippen LogP contribution in [-0.2, 0) is 11.0 Å². The average Bonchev–Trinajstić information content (AvgIpc) is 2.54. The topological polar surface area (TPSA) is 41.5 Å². The predicted molar refractivity (Wildman–Crippen MR) is 82.1 cm³/mol. The summed E-state index contributed by atoms with van der Waals surface area (Å²) >= 11 is 0. The molecule has 0 aliphatic carbocycles. The quantitative estimate of drug-likeness (QED) is 0.626. The van der Waals surface area contributed by atoms with Crippen LogP contribution in [0.15, 0.2) is 55.1 Å². The van der Waals surface area contributed by atoms with E-state index >= 15 is 0 Å². The van der Waals surface area contributed by atoms with Crippen molar-refractivity contribution in [3.05, 3.63) is 66.2 Å². The van der Waals surface area contributed by atoms with E-state index < -0.39 is 11.7 Å². The number of hydrogen-bond acceptors (Lipinski definition) is 3. The van der Waals surface area contributed by atoms with Crippen molar-refractivity contribution in [2.75, 3.05) is 13.2 Å². The second-order valence-electron chi connectivity index (χ2n) is 4.81. The Bertz CT molecular complexity index is 649. The Labute approximate surface area is 132 Å². The zero-order valence-corrected chi connectivity index (χ0v) is 12.2. The first-order valence-electron chi connectivity index (χ1n) is 6.87. The van der Waals surface area contributed by atoms with Crippen LogP contribution in [0.5, 0.6) is 0 Å². The van der Waals surface area contributed by atoms with Gasteiger partial charge in [-0.15, -0.1) is 0 Å². The summed E-state index contributed by atoms with van der Waals surface area (Å²) in [5, 5.41) is 8.62. The van der Waals surface area contributed by atoms with Crippen molar-refractivity contribution >= 4 is 5.70 Å². The van der Waals surface area contributed by atoms with Gasteiger partial charge in [0.25, 0.3) is 0 Å². The highest BCUT2D eigenvalue weighted by atomic mass is 19.4. The molecule has 6 heteroatoms. The number of alkyl halides is 3. The van der Waals surface area contributed by atoms with Gasteiger partial charge in [-0.25, -0.2) is 0 Å². The molecule has 2 aromatic rings. The van der Waals surface area contributed by atoms with Gasteiger partial charge in [0.05, 0.1) is 24.5 Å². The average molecular weight is 323 g/mol. The standard InChI is InChI=1S/C17H16F3NO2/c1-12(21-23-11-10-22)13-2-4-14(5-3-13)15-6-8-16(9-7-15)17(18,19)20/h2-9,21-22H,1,10-11H2. The van der Waals surface area contributed by atoms with Crippen molar-refractivity contribution in [1.82, 2.24) is 5.48 Å². The fourth-order valence-corrected chi connectivity index (χ4v) is 1.96. The highest BCUT2D eigenvalue weighted by molar-refractivity contribution is 5.68. The summed E-state index contributed by atoms with van der Waals surface area (Å²) in [7, 11) is 0. The van der Waals surface area contributed by atoms with E-state index in [2.05, 4.69) is 12.1 Å². The number of benzene rings is 2. The van der Waals surface area contributed by atoms with Gasteiger partial charge in [0.1, 0.15) is 0 Å². The van der Waals surface area contributed by atoms with Crippen LogP contribution in [-0.4, -0.2) is 18.3 Å². The van der Waals surface area contributed by atoms with Crippen LogP contribution in [0, 0.1) is 0 Å². The molecule has 2 rings (SSSR count). The third-order valence-electron chi connectivity index (χ3n) is 3.17. The minimum absolute atomic E-state index is 0.104. The van der Waals surface area contributed by atoms with Gasteiger partial charge in [-0.05, 0) is 28.8 Å². The zero-order chi connectivity index (χ0) is 16.9. The molecule has 2 N–H and O–H groups in total. The zero-order valence-electron chi connectivity index (χ0n) is 12.2. The molecule has 0 saturated carbocycles. The lowest BCUT2D eigenvalue weighted by atomic mass is 10.0. The number of rotatable bonds is 6. The third kappa shape index (κ3) is 4.58. The predicted octanol–water partition coefficient (Wildman–Crippen LogP) is 3.86. The maximum absolute atomic E-state index is 12.5. The molecule has 0 radical (unpaired) electrons. The van der Waals surface area contributed by atoms with E-state index in [9.17, 15) is 13.2 Å². The van der Waals surface area contributed by atoms with Gasteiger partial charge in [-0.1, -0.05) is 43.0 Å². The van der Waals surface area contributed by atoms with Gasteiger partial charge >= 0.3 is 6.18 Å². The second kappa shape index (κ2) is 7.30. The molecule has 0 heterocycles. The Hall–Kier alpha value is -2.31. The van der Waals surface area contributed by atoms with Gasteiger partial charge in [-0.3, -0.25) is 10.3 Å². The summed E-state index contributed by atoms with van der Waals surface area (Å²) in [4.78, 5) is 4.95. The van der Waals surface area contributed by atoms with Crippen molar-refractivity contribution in [2.45, 2.75) is 6.18 Å². The summed E-state index contributed by atoms with van der Waals surface area (Å²) in [6.07, 6.45) is -4.33. The lowest BCUT2D eigenvalue weighted by molar-refractivity contribution is -0.137. The molecule has 0 bridgehead atoms. The van der Waals surface area contributed by atoms with E-state index in [1.807, 2.05) is 0 Å². The molecule has 23 heavy (non-hydrogen) atoms. The van der Waals surface area contributed by atoms with Crippen LogP contribution < -0.4 is 5.48 Å². The Morgan fingerprint density at radius 1 is 1.00 bits per heavy atom. The van der Waals surface area contributed by atoms with Crippen molar-refractivity contribution < 1.29 is 23.1 Å². The lowest BCUT2D eigenvalue weighted by Crippen LogP contribution is -2.14. The van der Waals surface area contributed by atoms with Gasteiger partial charge in [0.15, 0.2) is 0 Å². The maximum atomic E-state index is 12.5. The highest BCUT2D eigenvalue weighted by Crippen LogP contribution is 2.31. The third-order valence-corrected chi connectivity index (χ3v) is 3.17. The summed E-state index contributed by atoms with van der Waals surface area (Å²) < 4.78 is 37.6. The molecule has 3 nitrogen and oxygen atoms in total.